The molecule has 7 nitrogen and oxygen atoms in total. The molecule has 0 spiro atoms. The number of methoxy groups -OCH3 is 1. The summed E-state index contributed by atoms with van der Waals surface area (Å²) in [5.74, 6) is -0.764. The lowest BCUT2D eigenvalue weighted by Crippen LogP contribution is -2.22. The Hall–Kier alpha value is -2.56. The van der Waals surface area contributed by atoms with Gasteiger partial charge in [-0.25, -0.2) is 19.2 Å². The zero-order chi connectivity index (χ0) is 23.9. The predicted octanol–water partition coefficient (Wildman–Crippen LogP) is 5.59. The number of fused-ring (bicyclic) bond motifs is 2. The van der Waals surface area contributed by atoms with Crippen molar-refractivity contribution in [1.82, 2.24) is 19.1 Å². The summed E-state index contributed by atoms with van der Waals surface area (Å²) in [6.45, 7) is 7.92. The Bertz CT molecular complexity index is 1360. The van der Waals surface area contributed by atoms with Crippen LogP contribution in [0.5, 0.6) is 0 Å². The quantitative estimate of drug-likeness (QED) is 0.134. The van der Waals surface area contributed by atoms with E-state index in [2.05, 4.69) is 40.6 Å². The average molecular weight is 533 g/mol. The largest absolute Gasteiger partial charge is 0.465 e. The molecule has 0 saturated carbocycles. The average Bonchev–Trinajstić information content (AvgIpc) is 3.26. The van der Waals surface area contributed by atoms with Gasteiger partial charge >= 0.3 is 5.97 Å². The standard InChI is InChI=1S/C23H26BrFN4O3Si/c1-28-18-12-16(25)15(23(30)31-2)11-17(18)26-22(28)19-10-14-6-7-20(24)27-21(14)29(19)13-32-8-9-33(3,4)5/h6-7,10-12H,8-9,13H2,1-5H3. The lowest BCUT2D eigenvalue weighted by atomic mass is 10.2. The number of aromatic nitrogens is 4. The van der Waals surface area contributed by atoms with E-state index >= 15 is 0 Å². The number of aryl methyl sites for hydroxylation is 1. The smallest absolute Gasteiger partial charge is 0.340 e. The molecule has 0 bridgehead atoms. The molecule has 0 aliphatic rings. The van der Waals surface area contributed by atoms with E-state index in [1.807, 2.05) is 29.8 Å². The van der Waals surface area contributed by atoms with Crippen LogP contribution in [0.1, 0.15) is 10.4 Å². The molecular formula is C23H26BrFN4O3Si. The molecule has 0 amide bonds. The van der Waals surface area contributed by atoms with Crippen LogP contribution in [0.2, 0.25) is 25.7 Å². The predicted molar refractivity (Wildman–Crippen MR) is 133 cm³/mol. The molecule has 0 atom stereocenters. The molecule has 4 rings (SSSR count). The number of rotatable bonds is 7. The van der Waals surface area contributed by atoms with E-state index < -0.39 is 19.9 Å². The van der Waals surface area contributed by atoms with Crippen LogP contribution in [0.3, 0.4) is 0 Å². The monoisotopic (exact) mass is 532 g/mol. The molecule has 4 aromatic rings. The summed E-state index contributed by atoms with van der Waals surface area (Å²) in [7, 11) is 1.82. The van der Waals surface area contributed by atoms with Gasteiger partial charge in [0.15, 0.2) is 5.82 Å². The molecule has 174 valence electrons. The highest BCUT2D eigenvalue weighted by Crippen LogP contribution is 2.31. The first kappa shape index (κ1) is 23.6. The maximum Gasteiger partial charge on any atom is 0.340 e. The van der Waals surface area contributed by atoms with Gasteiger partial charge in [0.25, 0.3) is 0 Å². The van der Waals surface area contributed by atoms with Crippen molar-refractivity contribution in [2.24, 2.45) is 7.05 Å². The fraction of sp³-hybridized carbons (Fsp3) is 0.348. The number of carbonyl (C=O) groups excluding carboxylic acids is 1. The molecule has 10 heteroatoms. The molecule has 3 heterocycles. The summed E-state index contributed by atoms with van der Waals surface area (Å²) >= 11 is 3.45. The molecular weight excluding hydrogens is 507 g/mol. The Morgan fingerprint density at radius 1 is 1.18 bits per heavy atom. The van der Waals surface area contributed by atoms with E-state index in [1.54, 1.807) is 4.57 Å². The van der Waals surface area contributed by atoms with E-state index in [0.717, 1.165) is 27.4 Å². The molecule has 1 aromatic carbocycles. The summed E-state index contributed by atoms with van der Waals surface area (Å²) in [5.41, 5.74) is 2.49. The Kier molecular flexibility index (Phi) is 6.43. The molecule has 0 N–H and O–H groups in total. The molecule has 0 unspecified atom stereocenters. The van der Waals surface area contributed by atoms with E-state index in [1.165, 1.54) is 19.2 Å². The number of esters is 1. The van der Waals surface area contributed by atoms with Gasteiger partial charge in [0.05, 0.1) is 29.4 Å². The second kappa shape index (κ2) is 9.00. The first-order chi connectivity index (χ1) is 15.6. The number of imidazole rings is 1. The number of halogens is 2. The fourth-order valence-corrected chi connectivity index (χ4v) is 4.72. The molecule has 0 saturated heterocycles. The first-order valence-corrected chi connectivity index (χ1v) is 15.1. The van der Waals surface area contributed by atoms with Crippen molar-refractivity contribution in [1.29, 1.82) is 0 Å². The Morgan fingerprint density at radius 3 is 2.64 bits per heavy atom. The summed E-state index contributed by atoms with van der Waals surface area (Å²) in [6.07, 6.45) is 0. The number of ether oxygens (including phenoxy) is 2. The van der Waals surface area contributed by atoms with Gasteiger partial charge in [-0.1, -0.05) is 19.6 Å². The normalized spacial score (nSPS) is 12.1. The van der Waals surface area contributed by atoms with Crippen molar-refractivity contribution >= 4 is 52.0 Å². The third-order valence-corrected chi connectivity index (χ3v) is 7.68. The van der Waals surface area contributed by atoms with Gasteiger partial charge in [-0.3, -0.25) is 4.57 Å². The Morgan fingerprint density at radius 2 is 1.94 bits per heavy atom. The van der Waals surface area contributed by atoms with Crippen molar-refractivity contribution < 1.29 is 18.7 Å². The molecule has 0 radical (unpaired) electrons. The molecule has 0 fully saturated rings. The van der Waals surface area contributed by atoms with Gasteiger partial charge < -0.3 is 14.0 Å². The van der Waals surface area contributed by atoms with Crippen molar-refractivity contribution in [3.8, 4) is 11.5 Å². The van der Waals surface area contributed by atoms with Crippen LogP contribution in [0, 0.1) is 5.82 Å². The van der Waals surface area contributed by atoms with Crippen molar-refractivity contribution in [2.75, 3.05) is 13.7 Å². The number of hydrogen-bond acceptors (Lipinski definition) is 5. The maximum atomic E-state index is 14.6. The number of pyridine rings is 1. The van der Waals surface area contributed by atoms with Crippen LogP contribution in [-0.4, -0.2) is 46.9 Å². The topological polar surface area (TPSA) is 71.2 Å². The highest BCUT2D eigenvalue weighted by molar-refractivity contribution is 9.10. The highest BCUT2D eigenvalue weighted by atomic mass is 79.9. The molecule has 33 heavy (non-hydrogen) atoms. The molecule has 3 aromatic heterocycles. The summed E-state index contributed by atoms with van der Waals surface area (Å²) in [4.78, 5) is 21.3. The number of carbonyl (C=O) groups is 1. The van der Waals surface area contributed by atoms with Gasteiger partial charge in [-0.2, -0.15) is 0 Å². The minimum absolute atomic E-state index is 0.143. The third kappa shape index (κ3) is 4.73. The molecule has 0 aliphatic carbocycles. The Balaban J connectivity index is 1.81. The van der Waals surface area contributed by atoms with Gasteiger partial charge in [-0.05, 0) is 46.2 Å². The second-order valence-corrected chi connectivity index (χ2v) is 15.6. The van der Waals surface area contributed by atoms with E-state index in [0.29, 0.717) is 30.2 Å². The minimum Gasteiger partial charge on any atom is -0.465 e. The van der Waals surface area contributed by atoms with Crippen molar-refractivity contribution in [3.63, 3.8) is 0 Å². The fourth-order valence-electron chi connectivity index (χ4n) is 3.66. The van der Waals surface area contributed by atoms with Crippen LogP contribution in [0.4, 0.5) is 4.39 Å². The highest BCUT2D eigenvalue weighted by Gasteiger charge is 2.21. The van der Waals surface area contributed by atoms with Crippen molar-refractivity contribution in [2.45, 2.75) is 32.4 Å². The lowest BCUT2D eigenvalue weighted by Gasteiger charge is -2.16. The summed E-state index contributed by atoms with van der Waals surface area (Å²) < 4.78 is 29.8. The number of hydrogen-bond donors (Lipinski definition) is 0. The summed E-state index contributed by atoms with van der Waals surface area (Å²) in [5, 5.41) is 0.940. The van der Waals surface area contributed by atoms with Gasteiger partial charge in [-0.15, -0.1) is 0 Å². The van der Waals surface area contributed by atoms with Crippen molar-refractivity contribution in [3.05, 3.63) is 46.3 Å². The number of benzene rings is 1. The second-order valence-electron chi connectivity index (χ2n) is 9.16. The lowest BCUT2D eigenvalue weighted by molar-refractivity contribution is 0.0595. The zero-order valence-corrected chi connectivity index (χ0v) is 21.9. The number of nitrogens with zero attached hydrogens (tertiary/aromatic N) is 4. The van der Waals surface area contributed by atoms with Crippen LogP contribution >= 0.6 is 15.9 Å². The third-order valence-electron chi connectivity index (χ3n) is 5.53. The van der Waals surface area contributed by atoms with Crippen LogP contribution in [0.25, 0.3) is 33.6 Å². The van der Waals surface area contributed by atoms with Crippen LogP contribution in [-0.2, 0) is 23.3 Å². The SMILES string of the molecule is COC(=O)c1cc2nc(-c3cc4ccc(Br)nc4n3COCC[Si](C)(C)C)n(C)c2cc1F. The van der Waals surface area contributed by atoms with Crippen LogP contribution in [0.15, 0.2) is 34.9 Å². The first-order valence-electron chi connectivity index (χ1n) is 10.6. The Labute approximate surface area is 200 Å². The zero-order valence-electron chi connectivity index (χ0n) is 19.3. The summed E-state index contributed by atoms with van der Waals surface area (Å²) in [6, 6.07) is 9.65. The van der Waals surface area contributed by atoms with Gasteiger partial charge in [0, 0.05) is 33.2 Å². The van der Waals surface area contributed by atoms with E-state index in [4.69, 9.17) is 14.5 Å². The van der Waals surface area contributed by atoms with Crippen LogP contribution < -0.4 is 0 Å². The van der Waals surface area contributed by atoms with Gasteiger partial charge in [0.1, 0.15) is 22.8 Å². The van der Waals surface area contributed by atoms with Gasteiger partial charge in [0.2, 0.25) is 0 Å². The van der Waals surface area contributed by atoms with E-state index in [-0.39, 0.29) is 5.56 Å². The molecule has 0 aliphatic heterocycles. The maximum absolute atomic E-state index is 14.6. The minimum atomic E-state index is -1.22. The van der Waals surface area contributed by atoms with E-state index in [9.17, 15) is 9.18 Å².